The lowest BCUT2D eigenvalue weighted by atomic mass is 10.0. The summed E-state index contributed by atoms with van der Waals surface area (Å²) in [6.45, 7) is 7.45. The lowest BCUT2D eigenvalue weighted by Crippen LogP contribution is -2.38. The number of thiazole rings is 1. The third kappa shape index (κ3) is 2.87. The number of nitrogens with zero attached hydrogens (tertiary/aromatic N) is 2. The molecule has 0 aliphatic carbocycles. The van der Waals surface area contributed by atoms with Crippen molar-refractivity contribution in [1.29, 1.82) is 0 Å². The van der Waals surface area contributed by atoms with Crippen molar-refractivity contribution in [3.05, 3.63) is 16.1 Å². The summed E-state index contributed by atoms with van der Waals surface area (Å²) in [7, 11) is 0. The number of likely N-dealkylation sites (tertiary alicyclic amines) is 1. The Morgan fingerprint density at radius 1 is 1.41 bits per heavy atom. The van der Waals surface area contributed by atoms with E-state index < -0.39 is 6.10 Å². The molecule has 2 heterocycles. The maximum Gasteiger partial charge on any atom is 0.110 e. The highest BCUT2D eigenvalue weighted by Crippen LogP contribution is 2.34. The van der Waals surface area contributed by atoms with Crippen molar-refractivity contribution in [3.8, 4) is 0 Å². The van der Waals surface area contributed by atoms with Crippen LogP contribution in [-0.2, 0) is 0 Å². The summed E-state index contributed by atoms with van der Waals surface area (Å²) in [6.07, 6.45) is 3.34. The fraction of sp³-hybridized carbons (Fsp3) is 0.769. The summed E-state index contributed by atoms with van der Waals surface area (Å²) in [4.78, 5) is 7.13. The highest BCUT2D eigenvalue weighted by atomic mass is 32.1. The van der Waals surface area contributed by atoms with Crippen molar-refractivity contribution in [2.75, 3.05) is 6.54 Å². The summed E-state index contributed by atoms with van der Waals surface area (Å²) in [6, 6.07) is 1.03. The van der Waals surface area contributed by atoms with E-state index in [1.807, 2.05) is 5.38 Å². The summed E-state index contributed by atoms with van der Waals surface area (Å²) in [5, 5.41) is 12.7. The Labute approximate surface area is 107 Å². The second-order valence-electron chi connectivity index (χ2n) is 5.13. The molecule has 0 saturated carbocycles. The third-order valence-corrected chi connectivity index (χ3v) is 4.42. The van der Waals surface area contributed by atoms with Gasteiger partial charge in [-0.05, 0) is 40.2 Å². The molecule has 1 aromatic heterocycles. The van der Waals surface area contributed by atoms with Gasteiger partial charge in [-0.2, -0.15) is 0 Å². The highest BCUT2D eigenvalue weighted by Gasteiger charge is 2.28. The van der Waals surface area contributed by atoms with E-state index in [2.05, 4.69) is 23.7 Å². The van der Waals surface area contributed by atoms with E-state index in [0.717, 1.165) is 5.69 Å². The van der Waals surface area contributed by atoms with Crippen LogP contribution in [0.1, 0.15) is 62.9 Å². The Kier molecular flexibility index (Phi) is 4.17. The summed E-state index contributed by atoms with van der Waals surface area (Å²) in [5.74, 6) is 0. The van der Waals surface area contributed by atoms with Crippen LogP contribution in [0.25, 0.3) is 0 Å². The molecule has 0 amide bonds. The number of hydrogen-bond acceptors (Lipinski definition) is 4. The lowest BCUT2D eigenvalue weighted by Gasteiger charge is -2.37. The average Bonchev–Trinajstić information content (AvgIpc) is 2.78. The van der Waals surface area contributed by atoms with Gasteiger partial charge in [0, 0.05) is 11.4 Å². The molecule has 1 fully saturated rings. The smallest absolute Gasteiger partial charge is 0.110 e. The minimum atomic E-state index is -0.448. The first kappa shape index (κ1) is 13.0. The van der Waals surface area contributed by atoms with Gasteiger partial charge < -0.3 is 5.11 Å². The van der Waals surface area contributed by atoms with E-state index in [9.17, 15) is 5.11 Å². The SMILES string of the molecule is CC(O)c1csc(C2CCCCN2C(C)C)n1. The molecule has 17 heavy (non-hydrogen) atoms. The molecule has 96 valence electrons. The molecule has 1 aliphatic rings. The minimum absolute atomic E-state index is 0.448. The van der Waals surface area contributed by atoms with Crippen LogP contribution < -0.4 is 0 Å². The van der Waals surface area contributed by atoms with Crippen molar-refractivity contribution < 1.29 is 5.11 Å². The van der Waals surface area contributed by atoms with E-state index in [0.29, 0.717) is 12.1 Å². The predicted octanol–water partition coefficient (Wildman–Crippen LogP) is 3.13. The first-order valence-corrected chi connectivity index (χ1v) is 7.36. The standard InChI is InChI=1S/C13H22N2OS/c1-9(2)15-7-5-4-6-12(15)13-14-11(8-17-13)10(3)16/h8-10,12,16H,4-7H2,1-3H3. The van der Waals surface area contributed by atoms with E-state index >= 15 is 0 Å². The number of aliphatic hydroxyl groups is 1. The normalized spacial score (nSPS) is 24.2. The van der Waals surface area contributed by atoms with Crippen LogP contribution in [-0.4, -0.2) is 27.6 Å². The van der Waals surface area contributed by atoms with Crippen molar-refractivity contribution in [1.82, 2.24) is 9.88 Å². The van der Waals surface area contributed by atoms with Gasteiger partial charge in [0.15, 0.2) is 0 Å². The van der Waals surface area contributed by atoms with Crippen LogP contribution >= 0.6 is 11.3 Å². The Bertz CT molecular complexity index is 362. The van der Waals surface area contributed by atoms with E-state index in [-0.39, 0.29) is 0 Å². The van der Waals surface area contributed by atoms with Gasteiger partial charge in [-0.25, -0.2) is 4.98 Å². The molecule has 3 nitrogen and oxygen atoms in total. The number of hydrogen-bond donors (Lipinski definition) is 1. The molecule has 2 unspecified atom stereocenters. The molecule has 1 saturated heterocycles. The lowest BCUT2D eigenvalue weighted by molar-refractivity contribution is 0.111. The second kappa shape index (κ2) is 5.46. The van der Waals surface area contributed by atoms with Gasteiger partial charge in [0.05, 0.1) is 17.8 Å². The fourth-order valence-electron chi connectivity index (χ4n) is 2.48. The largest absolute Gasteiger partial charge is 0.387 e. The van der Waals surface area contributed by atoms with Crippen LogP contribution in [0, 0.1) is 0 Å². The molecule has 0 spiro atoms. The number of aliphatic hydroxyl groups excluding tert-OH is 1. The summed E-state index contributed by atoms with van der Waals surface area (Å²) < 4.78 is 0. The maximum atomic E-state index is 9.54. The van der Waals surface area contributed by atoms with Gasteiger partial charge >= 0.3 is 0 Å². The quantitative estimate of drug-likeness (QED) is 0.900. The molecule has 1 aliphatic heterocycles. The molecule has 1 N–H and O–H groups in total. The van der Waals surface area contributed by atoms with Crippen LogP contribution in [0.4, 0.5) is 0 Å². The number of rotatable bonds is 3. The van der Waals surface area contributed by atoms with Gasteiger partial charge in [0.25, 0.3) is 0 Å². The zero-order valence-electron chi connectivity index (χ0n) is 10.9. The Morgan fingerprint density at radius 3 is 2.76 bits per heavy atom. The second-order valence-corrected chi connectivity index (χ2v) is 6.02. The average molecular weight is 254 g/mol. The van der Waals surface area contributed by atoms with Gasteiger partial charge in [-0.15, -0.1) is 11.3 Å². The number of aromatic nitrogens is 1. The van der Waals surface area contributed by atoms with E-state index in [1.165, 1.54) is 30.8 Å². The fourth-order valence-corrected chi connectivity index (χ4v) is 3.54. The summed E-state index contributed by atoms with van der Waals surface area (Å²) >= 11 is 1.69. The first-order valence-electron chi connectivity index (χ1n) is 6.48. The maximum absolute atomic E-state index is 9.54. The highest BCUT2D eigenvalue weighted by molar-refractivity contribution is 7.09. The van der Waals surface area contributed by atoms with Crippen molar-refractivity contribution in [3.63, 3.8) is 0 Å². The van der Waals surface area contributed by atoms with E-state index in [4.69, 9.17) is 0 Å². The van der Waals surface area contributed by atoms with Crippen LogP contribution in [0.3, 0.4) is 0 Å². The minimum Gasteiger partial charge on any atom is -0.387 e. The molecule has 2 rings (SSSR count). The first-order chi connectivity index (χ1) is 8.09. The van der Waals surface area contributed by atoms with Gasteiger partial charge in [0.1, 0.15) is 5.01 Å². The Hall–Kier alpha value is -0.450. The van der Waals surface area contributed by atoms with Crippen LogP contribution in [0.2, 0.25) is 0 Å². The molecule has 2 atom stereocenters. The van der Waals surface area contributed by atoms with Crippen LogP contribution in [0.15, 0.2) is 5.38 Å². The molecule has 0 aromatic carbocycles. The molecule has 4 heteroatoms. The Balaban J connectivity index is 2.17. The van der Waals surface area contributed by atoms with Gasteiger partial charge in [-0.3, -0.25) is 4.90 Å². The monoisotopic (exact) mass is 254 g/mol. The zero-order valence-corrected chi connectivity index (χ0v) is 11.7. The van der Waals surface area contributed by atoms with Crippen molar-refractivity contribution in [2.45, 2.75) is 58.2 Å². The topological polar surface area (TPSA) is 36.4 Å². The van der Waals surface area contributed by atoms with Crippen LogP contribution in [0.5, 0.6) is 0 Å². The molecule has 0 radical (unpaired) electrons. The molecule has 1 aromatic rings. The third-order valence-electron chi connectivity index (χ3n) is 3.46. The molecule has 0 bridgehead atoms. The van der Waals surface area contributed by atoms with Crippen molar-refractivity contribution in [2.24, 2.45) is 0 Å². The van der Waals surface area contributed by atoms with Crippen molar-refractivity contribution >= 4 is 11.3 Å². The Morgan fingerprint density at radius 2 is 2.18 bits per heavy atom. The van der Waals surface area contributed by atoms with Gasteiger partial charge in [-0.1, -0.05) is 6.42 Å². The summed E-state index contributed by atoms with van der Waals surface area (Å²) in [5.41, 5.74) is 0.819. The zero-order chi connectivity index (χ0) is 12.4. The molecular formula is C13H22N2OS. The van der Waals surface area contributed by atoms with Gasteiger partial charge in [0.2, 0.25) is 0 Å². The number of piperidine rings is 1. The predicted molar refractivity (Wildman–Crippen MR) is 71.2 cm³/mol. The molecular weight excluding hydrogens is 232 g/mol. The van der Waals surface area contributed by atoms with E-state index in [1.54, 1.807) is 18.3 Å².